The van der Waals surface area contributed by atoms with E-state index in [9.17, 15) is 5.11 Å². The van der Waals surface area contributed by atoms with Crippen molar-refractivity contribution in [3.8, 4) is 5.75 Å². The molecule has 1 aliphatic rings. The first-order chi connectivity index (χ1) is 7.54. The van der Waals surface area contributed by atoms with Crippen LogP contribution in [0, 0.1) is 0 Å². The molecule has 2 rings (SSSR count). The van der Waals surface area contributed by atoms with Crippen molar-refractivity contribution in [1.82, 2.24) is 0 Å². The zero-order valence-electron chi connectivity index (χ0n) is 9.42. The molecule has 1 aromatic rings. The summed E-state index contributed by atoms with van der Waals surface area (Å²) >= 11 is 3.53. The minimum absolute atomic E-state index is 0.0981. The van der Waals surface area contributed by atoms with Gasteiger partial charge in [-0.15, -0.1) is 0 Å². The Labute approximate surface area is 104 Å². The van der Waals surface area contributed by atoms with Crippen LogP contribution in [0.2, 0.25) is 0 Å². The normalized spacial score (nSPS) is 15.5. The minimum atomic E-state index is -0.282. The number of rotatable bonds is 2. The Morgan fingerprint density at radius 3 is 2.88 bits per heavy atom. The Hall–Kier alpha value is -0.580. The number of fused-ring (bicyclic) bond motifs is 1. The predicted octanol–water partition coefficient (Wildman–Crippen LogP) is 2.59. The van der Waals surface area contributed by atoms with Crippen LogP contribution < -0.4 is 4.74 Å². The first-order valence-electron chi connectivity index (χ1n) is 5.19. The molecule has 0 bridgehead atoms. The zero-order valence-corrected chi connectivity index (χ0v) is 11.0. The Bertz CT molecular complexity index is 401. The lowest BCUT2D eigenvalue weighted by Crippen LogP contribution is -2.23. The van der Waals surface area contributed by atoms with E-state index >= 15 is 0 Å². The van der Waals surface area contributed by atoms with Crippen molar-refractivity contribution in [3.63, 3.8) is 0 Å². The quantitative estimate of drug-likeness (QED) is 0.908. The monoisotopic (exact) mass is 286 g/mol. The SMILES string of the molecule is CC(C)(CO)c1cc2c(cc1Br)COCO2. The number of benzene rings is 1. The summed E-state index contributed by atoms with van der Waals surface area (Å²) < 4.78 is 11.6. The fourth-order valence-corrected chi connectivity index (χ4v) is 2.63. The van der Waals surface area contributed by atoms with E-state index in [1.807, 2.05) is 26.0 Å². The highest BCUT2D eigenvalue weighted by Gasteiger charge is 2.25. The summed E-state index contributed by atoms with van der Waals surface area (Å²) in [5.41, 5.74) is 1.81. The fraction of sp³-hybridized carbons (Fsp3) is 0.500. The van der Waals surface area contributed by atoms with Crippen LogP contribution in [0.4, 0.5) is 0 Å². The van der Waals surface area contributed by atoms with Gasteiger partial charge in [0.05, 0.1) is 13.2 Å². The van der Waals surface area contributed by atoms with Crippen LogP contribution in [-0.4, -0.2) is 18.5 Å². The molecule has 0 atom stereocenters. The molecule has 0 saturated carbocycles. The van der Waals surface area contributed by atoms with Crippen LogP contribution in [0.5, 0.6) is 5.75 Å². The van der Waals surface area contributed by atoms with Crippen molar-refractivity contribution < 1.29 is 14.6 Å². The molecule has 88 valence electrons. The van der Waals surface area contributed by atoms with Gasteiger partial charge in [-0.3, -0.25) is 0 Å². The van der Waals surface area contributed by atoms with Crippen LogP contribution >= 0.6 is 15.9 Å². The maximum absolute atomic E-state index is 9.39. The van der Waals surface area contributed by atoms with Crippen molar-refractivity contribution >= 4 is 15.9 Å². The molecule has 4 heteroatoms. The highest BCUT2D eigenvalue weighted by Crippen LogP contribution is 2.36. The average molecular weight is 287 g/mol. The van der Waals surface area contributed by atoms with Gasteiger partial charge in [-0.25, -0.2) is 0 Å². The Morgan fingerprint density at radius 1 is 1.44 bits per heavy atom. The van der Waals surface area contributed by atoms with Gasteiger partial charge in [0.1, 0.15) is 5.75 Å². The summed E-state index contributed by atoms with van der Waals surface area (Å²) in [6.45, 7) is 4.97. The minimum Gasteiger partial charge on any atom is -0.467 e. The standard InChI is InChI=1S/C12H15BrO3/c1-12(2,6-14)9-4-11-8(3-10(9)13)5-15-7-16-11/h3-4,14H,5-7H2,1-2H3. The van der Waals surface area contributed by atoms with Gasteiger partial charge < -0.3 is 14.6 Å². The molecule has 0 aromatic heterocycles. The summed E-state index contributed by atoms with van der Waals surface area (Å²) in [5.74, 6) is 0.853. The van der Waals surface area contributed by atoms with Gasteiger partial charge >= 0.3 is 0 Å². The molecule has 1 aliphatic heterocycles. The Kier molecular flexibility index (Phi) is 3.24. The van der Waals surface area contributed by atoms with Gasteiger partial charge in [-0.2, -0.15) is 0 Å². The maximum atomic E-state index is 9.39. The molecule has 1 heterocycles. The van der Waals surface area contributed by atoms with Crippen molar-refractivity contribution in [2.75, 3.05) is 13.4 Å². The van der Waals surface area contributed by atoms with Gasteiger partial charge in [0, 0.05) is 15.5 Å². The lowest BCUT2D eigenvalue weighted by atomic mass is 9.85. The zero-order chi connectivity index (χ0) is 11.8. The number of ether oxygens (including phenoxy) is 2. The third kappa shape index (κ3) is 2.10. The molecular formula is C12H15BrO3. The second-order valence-electron chi connectivity index (χ2n) is 4.59. The summed E-state index contributed by atoms with van der Waals surface area (Å²) in [5, 5.41) is 9.39. The molecule has 0 amide bonds. The van der Waals surface area contributed by atoms with Crippen molar-refractivity contribution in [3.05, 3.63) is 27.7 Å². The number of hydrogen-bond donors (Lipinski definition) is 1. The molecule has 16 heavy (non-hydrogen) atoms. The number of aliphatic hydroxyl groups excluding tert-OH is 1. The highest BCUT2D eigenvalue weighted by molar-refractivity contribution is 9.10. The van der Waals surface area contributed by atoms with E-state index in [1.165, 1.54) is 0 Å². The van der Waals surface area contributed by atoms with E-state index in [2.05, 4.69) is 15.9 Å². The molecule has 0 aliphatic carbocycles. The van der Waals surface area contributed by atoms with Crippen LogP contribution in [-0.2, 0) is 16.8 Å². The fourth-order valence-electron chi connectivity index (χ4n) is 1.70. The van der Waals surface area contributed by atoms with Gasteiger partial charge in [0.2, 0.25) is 0 Å². The van der Waals surface area contributed by atoms with Gasteiger partial charge in [0.15, 0.2) is 6.79 Å². The van der Waals surface area contributed by atoms with E-state index in [1.54, 1.807) is 0 Å². The first-order valence-corrected chi connectivity index (χ1v) is 5.98. The van der Waals surface area contributed by atoms with Crippen molar-refractivity contribution in [1.29, 1.82) is 0 Å². The molecular weight excluding hydrogens is 272 g/mol. The van der Waals surface area contributed by atoms with Crippen molar-refractivity contribution in [2.24, 2.45) is 0 Å². The predicted molar refractivity (Wildman–Crippen MR) is 64.5 cm³/mol. The van der Waals surface area contributed by atoms with Crippen LogP contribution in [0.3, 0.4) is 0 Å². The molecule has 1 aromatic carbocycles. The molecule has 3 nitrogen and oxygen atoms in total. The number of hydrogen-bond acceptors (Lipinski definition) is 3. The van der Waals surface area contributed by atoms with Crippen molar-refractivity contribution in [2.45, 2.75) is 25.9 Å². The number of halogens is 1. The lowest BCUT2D eigenvalue weighted by molar-refractivity contribution is -0.0165. The van der Waals surface area contributed by atoms with E-state index in [0.717, 1.165) is 21.3 Å². The summed E-state index contributed by atoms with van der Waals surface area (Å²) in [4.78, 5) is 0. The maximum Gasteiger partial charge on any atom is 0.189 e. The second kappa shape index (κ2) is 4.35. The number of aliphatic hydroxyl groups is 1. The van der Waals surface area contributed by atoms with E-state index in [-0.39, 0.29) is 12.0 Å². The first kappa shape index (κ1) is 11.9. The van der Waals surface area contributed by atoms with Crippen LogP contribution in [0.15, 0.2) is 16.6 Å². The highest BCUT2D eigenvalue weighted by atomic mass is 79.9. The average Bonchev–Trinajstić information content (AvgIpc) is 2.28. The largest absolute Gasteiger partial charge is 0.467 e. The Balaban J connectivity index is 2.47. The third-order valence-electron chi connectivity index (χ3n) is 2.83. The van der Waals surface area contributed by atoms with Crippen LogP contribution in [0.25, 0.3) is 0 Å². The molecule has 0 saturated heterocycles. The van der Waals surface area contributed by atoms with E-state index < -0.39 is 0 Å². The Morgan fingerprint density at radius 2 is 2.19 bits per heavy atom. The second-order valence-corrected chi connectivity index (χ2v) is 5.45. The summed E-state index contributed by atoms with van der Waals surface area (Å²) in [7, 11) is 0. The van der Waals surface area contributed by atoms with Gasteiger partial charge in [-0.1, -0.05) is 29.8 Å². The summed E-state index contributed by atoms with van der Waals surface area (Å²) in [6.07, 6.45) is 0. The topological polar surface area (TPSA) is 38.7 Å². The van der Waals surface area contributed by atoms with Crippen LogP contribution in [0.1, 0.15) is 25.0 Å². The summed E-state index contributed by atoms with van der Waals surface area (Å²) in [6, 6.07) is 3.99. The molecule has 0 unspecified atom stereocenters. The van der Waals surface area contributed by atoms with Gasteiger partial charge in [0.25, 0.3) is 0 Å². The van der Waals surface area contributed by atoms with E-state index in [4.69, 9.17) is 9.47 Å². The molecule has 0 radical (unpaired) electrons. The lowest BCUT2D eigenvalue weighted by Gasteiger charge is -2.27. The third-order valence-corrected chi connectivity index (χ3v) is 3.49. The van der Waals surface area contributed by atoms with E-state index in [0.29, 0.717) is 13.4 Å². The molecule has 0 spiro atoms. The smallest absolute Gasteiger partial charge is 0.189 e. The van der Waals surface area contributed by atoms with Gasteiger partial charge in [-0.05, 0) is 17.7 Å². The molecule has 1 N–H and O–H groups in total. The molecule has 0 fully saturated rings.